The molecule has 1 fully saturated rings. The van der Waals surface area contributed by atoms with Crippen molar-refractivity contribution >= 4 is 29.4 Å². The fraction of sp³-hybridized carbons (Fsp3) is 0.441. The fourth-order valence-corrected chi connectivity index (χ4v) is 6.42. The van der Waals surface area contributed by atoms with Crippen molar-refractivity contribution in [3.05, 3.63) is 71.1 Å². The van der Waals surface area contributed by atoms with Gasteiger partial charge in [-0.25, -0.2) is 9.98 Å². The Bertz CT molecular complexity index is 2110. The summed E-state index contributed by atoms with van der Waals surface area (Å²) in [6.45, 7) is -1.59. The molecule has 4 aromatic rings. The lowest BCUT2D eigenvalue weighted by molar-refractivity contribution is -0.218. The highest BCUT2D eigenvalue weighted by Gasteiger charge is 2.59. The summed E-state index contributed by atoms with van der Waals surface area (Å²) in [6.07, 6.45) is -6.58. The predicted octanol–water partition coefficient (Wildman–Crippen LogP) is 6.97. The quantitative estimate of drug-likeness (QED) is 0.147. The van der Waals surface area contributed by atoms with Gasteiger partial charge in [0.2, 0.25) is 5.91 Å². The van der Waals surface area contributed by atoms with Gasteiger partial charge in [-0.05, 0) is 49.4 Å². The van der Waals surface area contributed by atoms with E-state index in [0.717, 1.165) is 37.9 Å². The highest BCUT2D eigenvalue weighted by molar-refractivity contribution is 6.33. The monoisotopic (exact) mass is 800 g/mol. The minimum absolute atomic E-state index is 0.00563. The molecule has 12 nitrogen and oxygen atoms in total. The number of carbonyl (C=O) groups is 2. The van der Waals surface area contributed by atoms with Crippen molar-refractivity contribution in [2.24, 2.45) is 22.1 Å². The third-order valence-corrected chi connectivity index (χ3v) is 10.00. The maximum Gasteiger partial charge on any atom is 0.400 e. The maximum atomic E-state index is 14.9. The SMILES string of the molecule is C[C@H](C(=O)NCC(c1ccc(Cl)c(-c2ncnn2C(F)F)c1)N1C(=O)[C@@](CC(C)(C)C(F)(F)F)(c2ccc(-c3cnn(C4CC4)n3)cc2)N=C1N)C(F)(F)F. The second kappa shape index (κ2) is 14.2. The van der Waals surface area contributed by atoms with Crippen LogP contribution in [0.5, 0.6) is 0 Å². The molecule has 0 saturated heterocycles. The molecule has 3 heterocycles. The number of benzene rings is 2. The van der Waals surface area contributed by atoms with Crippen LogP contribution in [0.3, 0.4) is 0 Å². The fourth-order valence-electron chi connectivity index (χ4n) is 6.22. The molecule has 1 unspecified atom stereocenters. The zero-order valence-corrected chi connectivity index (χ0v) is 30.0. The molecule has 55 heavy (non-hydrogen) atoms. The first-order chi connectivity index (χ1) is 25.6. The standard InChI is InChI=1S/C34H33ClF8N10O2/c1-17(33(38,39)40)27(54)45-14-25(19-6-11-23(35)22(12-19)26-46-16-48-52(26)29(36)37)51-28(55)32(49-30(51)44,15-31(2,3)34(41,42)43)20-7-4-18(5-8-20)24-13-47-53(50-24)21-9-10-21/h4-8,11-13,16-17,21,25,29H,9-10,14-15H2,1-3H3,(H2,44,49)(H,45,54)/t17-,25?,32-/m1/s1. The lowest BCUT2D eigenvalue weighted by Crippen LogP contribution is -2.50. The van der Waals surface area contributed by atoms with Crippen LogP contribution in [0.25, 0.3) is 22.6 Å². The normalized spacial score (nSPS) is 19.2. The Labute approximate surface area is 312 Å². The van der Waals surface area contributed by atoms with Crippen LogP contribution in [0.1, 0.15) is 69.8 Å². The summed E-state index contributed by atoms with van der Waals surface area (Å²) in [7, 11) is 0. The Hall–Kier alpha value is -5.14. The molecule has 0 radical (unpaired) electrons. The first kappa shape index (κ1) is 39.6. The molecule has 3 N–H and O–H groups in total. The zero-order valence-electron chi connectivity index (χ0n) is 29.2. The molecular formula is C34H33ClF8N10O2. The van der Waals surface area contributed by atoms with Gasteiger partial charge in [0.1, 0.15) is 17.9 Å². The number of carbonyl (C=O) groups excluding carboxylic acids is 2. The number of rotatable bonds is 12. The summed E-state index contributed by atoms with van der Waals surface area (Å²) >= 11 is 6.36. The van der Waals surface area contributed by atoms with Crippen LogP contribution in [0.2, 0.25) is 5.02 Å². The molecule has 1 aliphatic heterocycles. The summed E-state index contributed by atoms with van der Waals surface area (Å²) in [5, 5.41) is 14.2. The Kier molecular flexibility index (Phi) is 10.2. The molecule has 0 bridgehead atoms. The number of hydrogen-bond acceptors (Lipinski definition) is 8. The van der Waals surface area contributed by atoms with Gasteiger partial charge in [-0.2, -0.15) is 59.9 Å². The number of nitrogens with zero attached hydrogens (tertiary/aromatic N) is 8. The molecule has 2 amide bonds. The number of halogens is 9. The molecule has 2 aliphatic rings. The lowest BCUT2D eigenvalue weighted by atomic mass is 9.74. The number of amides is 2. The number of nitrogens with one attached hydrogen (secondary N) is 1. The number of aromatic nitrogens is 6. The van der Waals surface area contributed by atoms with Crippen molar-refractivity contribution in [1.82, 2.24) is 40.0 Å². The average Bonchev–Trinajstić information content (AvgIpc) is 3.52. The minimum Gasteiger partial charge on any atom is -0.369 e. The summed E-state index contributed by atoms with van der Waals surface area (Å²) in [5.74, 6) is -6.16. The van der Waals surface area contributed by atoms with E-state index in [-0.39, 0.29) is 32.4 Å². The van der Waals surface area contributed by atoms with Crippen molar-refractivity contribution < 1.29 is 44.7 Å². The van der Waals surface area contributed by atoms with Crippen LogP contribution in [0.4, 0.5) is 35.1 Å². The summed E-state index contributed by atoms with van der Waals surface area (Å²) in [5.41, 5.74) is 2.27. The molecular weight excluding hydrogens is 768 g/mol. The zero-order chi connectivity index (χ0) is 40.2. The van der Waals surface area contributed by atoms with Crippen LogP contribution < -0.4 is 11.1 Å². The Morgan fingerprint density at radius 2 is 1.73 bits per heavy atom. The number of nitrogens with two attached hydrogens (primary N) is 1. The van der Waals surface area contributed by atoms with Gasteiger partial charge in [-0.15, -0.1) is 0 Å². The molecule has 3 atom stereocenters. The largest absolute Gasteiger partial charge is 0.400 e. The molecule has 6 rings (SSSR count). The van der Waals surface area contributed by atoms with Crippen molar-refractivity contribution in [2.75, 3.05) is 6.54 Å². The van der Waals surface area contributed by atoms with E-state index in [4.69, 9.17) is 17.3 Å². The predicted molar refractivity (Wildman–Crippen MR) is 181 cm³/mol. The van der Waals surface area contributed by atoms with E-state index < -0.39 is 78.4 Å². The molecule has 1 saturated carbocycles. The Morgan fingerprint density at radius 3 is 2.33 bits per heavy atom. The Morgan fingerprint density at radius 1 is 1.05 bits per heavy atom. The molecule has 2 aromatic carbocycles. The van der Waals surface area contributed by atoms with Gasteiger partial charge in [-0.3, -0.25) is 14.5 Å². The van der Waals surface area contributed by atoms with Gasteiger partial charge in [0.25, 0.3) is 5.91 Å². The highest BCUT2D eigenvalue weighted by atomic mass is 35.5. The maximum absolute atomic E-state index is 14.9. The molecule has 0 spiro atoms. The number of alkyl halides is 8. The van der Waals surface area contributed by atoms with Crippen LogP contribution >= 0.6 is 11.6 Å². The second-order valence-electron chi connectivity index (χ2n) is 14.0. The molecule has 21 heteroatoms. The average molecular weight is 801 g/mol. The van der Waals surface area contributed by atoms with Crippen molar-refractivity contribution in [2.45, 2.75) is 76.6 Å². The van der Waals surface area contributed by atoms with Crippen molar-refractivity contribution in [1.29, 1.82) is 0 Å². The smallest absolute Gasteiger partial charge is 0.369 e. The van der Waals surface area contributed by atoms with E-state index in [1.807, 2.05) is 0 Å². The van der Waals surface area contributed by atoms with Gasteiger partial charge < -0.3 is 11.1 Å². The molecule has 2 aromatic heterocycles. The van der Waals surface area contributed by atoms with E-state index >= 15 is 0 Å². The second-order valence-corrected chi connectivity index (χ2v) is 14.4. The van der Waals surface area contributed by atoms with E-state index in [0.29, 0.717) is 18.2 Å². The van der Waals surface area contributed by atoms with Crippen LogP contribution in [0, 0.1) is 11.3 Å². The first-order valence-electron chi connectivity index (χ1n) is 16.7. The van der Waals surface area contributed by atoms with Gasteiger partial charge in [0, 0.05) is 17.7 Å². The summed E-state index contributed by atoms with van der Waals surface area (Å²) < 4.78 is 112. The number of guanidine groups is 1. The van der Waals surface area contributed by atoms with Gasteiger partial charge in [0.15, 0.2) is 17.3 Å². The molecule has 1 aliphatic carbocycles. The summed E-state index contributed by atoms with van der Waals surface area (Å²) in [6, 6.07) is 8.15. The Balaban J connectivity index is 1.45. The van der Waals surface area contributed by atoms with E-state index in [1.165, 1.54) is 48.7 Å². The molecule has 294 valence electrons. The van der Waals surface area contributed by atoms with E-state index in [1.54, 1.807) is 4.80 Å². The number of hydrogen-bond donors (Lipinski definition) is 2. The summed E-state index contributed by atoms with van der Waals surface area (Å²) in [4.78, 5) is 38.1. The van der Waals surface area contributed by atoms with Crippen LogP contribution in [-0.2, 0) is 15.1 Å². The third-order valence-electron chi connectivity index (χ3n) is 9.67. The first-order valence-corrected chi connectivity index (χ1v) is 17.1. The third kappa shape index (κ3) is 7.59. The van der Waals surface area contributed by atoms with Crippen LogP contribution in [-0.4, -0.2) is 71.3 Å². The van der Waals surface area contributed by atoms with Gasteiger partial charge in [0.05, 0.1) is 28.7 Å². The van der Waals surface area contributed by atoms with E-state index in [9.17, 15) is 44.7 Å². The van der Waals surface area contributed by atoms with Gasteiger partial charge in [-0.1, -0.05) is 55.8 Å². The van der Waals surface area contributed by atoms with E-state index in [2.05, 4.69) is 30.6 Å². The minimum atomic E-state index is -4.95. The lowest BCUT2D eigenvalue weighted by Gasteiger charge is -2.37. The van der Waals surface area contributed by atoms with Crippen molar-refractivity contribution in [3.8, 4) is 22.6 Å². The van der Waals surface area contributed by atoms with Crippen molar-refractivity contribution in [3.63, 3.8) is 0 Å². The topological polar surface area (TPSA) is 149 Å². The van der Waals surface area contributed by atoms with Gasteiger partial charge >= 0.3 is 18.9 Å². The van der Waals surface area contributed by atoms with Crippen LogP contribution in [0.15, 0.2) is 60.0 Å². The number of aliphatic imine (C=N–C) groups is 1. The highest BCUT2D eigenvalue weighted by Crippen LogP contribution is 2.51.